The Morgan fingerprint density at radius 3 is 2.66 bits per heavy atom. The smallest absolute Gasteiger partial charge is 0.222 e. The second kappa shape index (κ2) is 9.05. The summed E-state index contributed by atoms with van der Waals surface area (Å²) in [5, 5.41) is 7.63. The average Bonchev–Trinajstić information content (AvgIpc) is 3.02. The zero-order valence-corrected chi connectivity index (χ0v) is 17.6. The number of benzene rings is 1. The number of nitrogens with one attached hydrogen (secondary N) is 1. The van der Waals surface area contributed by atoms with Crippen molar-refractivity contribution in [1.29, 1.82) is 0 Å². The number of aliphatic imine (C=N–C) groups is 1. The Morgan fingerprint density at radius 2 is 2.03 bits per heavy atom. The minimum absolute atomic E-state index is 0.0913. The van der Waals surface area contributed by atoms with Crippen LogP contribution in [-0.4, -0.2) is 23.3 Å². The normalized spacial score (nSPS) is 16.4. The summed E-state index contributed by atoms with van der Waals surface area (Å²) in [5.74, 6) is 0.487. The topological polar surface area (TPSA) is 67.5 Å². The van der Waals surface area contributed by atoms with E-state index in [-0.39, 0.29) is 12.3 Å². The van der Waals surface area contributed by atoms with Crippen molar-refractivity contribution < 1.29 is 9.32 Å². The van der Waals surface area contributed by atoms with Crippen LogP contribution < -0.4 is 5.32 Å². The summed E-state index contributed by atoms with van der Waals surface area (Å²) in [4.78, 5) is 17.4. The van der Waals surface area contributed by atoms with E-state index in [2.05, 4.69) is 17.1 Å². The van der Waals surface area contributed by atoms with Gasteiger partial charge in [-0.1, -0.05) is 53.7 Å². The van der Waals surface area contributed by atoms with Crippen LogP contribution in [0.25, 0.3) is 5.57 Å². The van der Waals surface area contributed by atoms with Gasteiger partial charge >= 0.3 is 0 Å². The zero-order chi connectivity index (χ0) is 21.0. The number of aromatic nitrogens is 1. The molecule has 0 saturated carbocycles. The fourth-order valence-electron chi connectivity index (χ4n) is 3.46. The van der Waals surface area contributed by atoms with E-state index >= 15 is 0 Å². The molecular formula is C23H24ClN3O2. The Bertz CT molecular complexity index is 1010. The van der Waals surface area contributed by atoms with Gasteiger partial charge in [-0.3, -0.25) is 9.79 Å². The Kier molecular flexibility index (Phi) is 6.49. The number of nitrogens with zero attached hydrogens (tertiary/aromatic N) is 2. The van der Waals surface area contributed by atoms with Crippen LogP contribution in [0.1, 0.15) is 48.9 Å². The highest BCUT2D eigenvalue weighted by molar-refractivity contribution is 6.30. The number of amides is 1. The lowest BCUT2D eigenvalue weighted by molar-refractivity contribution is -0.121. The van der Waals surface area contributed by atoms with Gasteiger partial charge in [-0.15, -0.1) is 0 Å². The Balaban J connectivity index is 2.27. The van der Waals surface area contributed by atoms with E-state index in [9.17, 15) is 4.79 Å². The van der Waals surface area contributed by atoms with Gasteiger partial charge in [0.15, 0.2) is 5.76 Å². The van der Waals surface area contributed by atoms with Crippen LogP contribution in [0.2, 0.25) is 5.02 Å². The molecule has 6 heteroatoms. The Morgan fingerprint density at radius 1 is 1.31 bits per heavy atom. The third kappa shape index (κ3) is 4.25. The van der Waals surface area contributed by atoms with Gasteiger partial charge in [0.2, 0.25) is 5.91 Å². The van der Waals surface area contributed by atoms with E-state index in [1.807, 2.05) is 57.2 Å². The number of hydrogen-bond acceptors (Lipinski definition) is 4. The number of allylic oxidation sites excluding steroid dienone is 5. The van der Waals surface area contributed by atoms with Gasteiger partial charge in [0.25, 0.3) is 0 Å². The van der Waals surface area contributed by atoms with Gasteiger partial charge in [0, 0.05) is 22.7 Å². The molecule has 3 rings (SSSR count). The number of hydrogen-bond donors (Lipinski definition) is 1. The van der Waals surface area contributed by atoms with Crippen molar-refractivity contribution in [3.05, 3.63) is 82.2 Å². The average molecular weight is 410 g/mol. The molecule has 150 valence electrons. The summed E-state index contributed by atoms with van der Waals surface area (Å²) >= 11 is 6.09. The number of rotatable bonds is 6. The third-order valence-electron chi connectivity index (χ3n) is 4.70. The predicted molar refractivity (Wildman–Crippen MR) is 117 cm³/mol. The number of halogens is 1. The van der Waals surface area contributed by atoms with Crippen molar-refractivity contribution in [2.45, 2.75) is 33.2 Å². The quantitative estimate of drug-likeness (QED) is 0.710. The van der Waals surface area contributed by atoms with E-state index in [4.69, 9.17) is 21.1 Å². The van der Waals surface area contributed by atoms with E-state index in [1.165, 1.54) is 0 Å². The van der Waals surface area contributed by atoms with E-state index < -0.39 is 6.04 Å². The van der Waals surface area contributed by atoms with Crippen molar-refractivity contribution in [2.24, 2.45) is 4.99 Å². The summed E-state index contributed by atoms with van der Waals surface area (Å²) < 4.78 is 5.66. The molecule has 1 aliphatic heterocycles. The minimum Gasteiger partial charge on any atom is -0.358 e. The predicted octanol–water partition coefficient (Wildman–Crippen LogP) is 5.22. The molecule has 1 atom stereocenters. The molecule has 0 unspecified atom stereocenters. The highest BCUT2D eigenvalue weighted by Crippen LogP contribution is 2.39. The van der Waals surface area contributed by atoms with Gasteiger partial charge in [0.1, 0.15) is 6.04 Å². The number of fused-ring (bicyclic) bond motifs is 1. The standard InChI is InChI=1S/C23H24ClN3O2/c1-5-8-18-17(6-2)21-14(4)27-29-23(21)19(13-20(28)25-7-3)26-22(18)15-9-11-16(24)12-10-15/h5-6,8-12,19H,2,7,13H2,1,3-4H3,(H,25,28)/b8-5-/t19-/m0/s1. The molecule has 0 fully saturated rings. The van der Waals surface area contributed by atoms with Crippen molar-refractivity contribution in [3.8, 4) is 0 Å². The lowest BCUT2D eigenvalue weighted by atomic mass is 9.92. The minimum atomic E-state index is -0.499. The second-order valence-corrected chi connectivity index (χ2v) is 7.13. The van der Waals surface area contributed by atoms with Gasteiger partial charge < -0.3 is 9.84 Å². The molecule has 1 aromatic heterocycles. The summed E-state index contributed by atoms with van der Waals surface area (Å²) in [7, 11) is 0. The van der Waals surface area contributed by atoms with Gasteiger partial charge in [-0.25, -0.2) is 0 Å². The highest BCUT2D eigenvalue weighted by Gasteiger charge is 2.31. The molecule has 1 aliphatic rings. The summed E-state index contributed by atoms with van der Waals surface area (Å²) in [6.45, 7) is 10.3. The first-order valence-electron chi connectivity index (χ1n) is 9.56. The second-order valence-electron chi connectivity index (χ2n) is 6.70. The van der Waals surface area contributed by atoms with Crippen molar-refractivity contribution >= 4 is 28.8 Å². The molecular weight excluding hydrogens is 386 g/mol. The molecule has 1 N–H and O–H groups in total. The molecule has 29 heavy (non-hydrogen) atoms. The summed E-state index contributed by atoms with van der Waals surface area (Å²) in [6, 6.07) is 7.00. The van der Waals surface area contributed by atoms with E-state index in [1.54, 1.807) is 6.08 Å². The first-order chi connectivity index (χ1) is 14.0. The van der Waals surface area contributed by atoms with Gasteiger partial charge in [-0.05, 0) is 38.5 Å². The molecule has 1 amide bonds. The molecule has 1 aromatic carbocycles. The summed E-state index contributed by atoms with van der Waals surface area (Å²) in [5.41, 5.74) is 5.02. The van der Waals surface area contributed by atoms with Crippen LogP contribution in [0.5, 0.6) is 0 Å². The molecule has 2 heterocycles. The highest BCUT2D eigenvalue weighted by atomic mass is 35.5. The SMILES string of the molecule is C=CC1=C(/C=C\C)C(c2ccc(Cl)cc2)=N[C@@H](CC(=O)NCC)c2onc(C)c21. The first kappa shape index (κ1) is 20.8. The van der Waals surface area contributed by atoms with Crippen LogP contribution in [0.15, 0.2) is 64.2 Å². The van der Waals surface area contributed by atoms with Crippen LogP contribution in [0.4, 0.5) is 0 Å². The van der Waals surface area contributed by atoms with Crippen molar-refractivity contribution in [3.63, 3.8) is 0 Å². The van der Waals surface area contributed by atoms with Gasteiger partial charge in [0.05, 0.1) is 23.4 Å². The fraction of sp³-hybridized carbons (Fsp3) is 0.261. The number of carbonyl (C=O) groups excluding carboxylic acids is 1. The lowest BCUT2D eigenvalue weighted by Crippen LogP contribution is -2.24. The Labute approximate surface area is 175 Å². The number of carbonyl (C=O) groups is 1. The molecule has 0 radical (unpaired) electrons. The molecule has 0 bridgehead atoms. The zero-order valence-electron chi connectivity index (χ0n) is 16.8. The van der Waals surface area contributed by atoms with Crippen LogP contribution in [0, 0.1) is 6.92 Å². The molecule has 0 saturated heterocycles. The number of aryl methyl sites for hydroxylation is 1. The Hall–Kier alpha value is -2.92. The summed E-state index contributed by atoms with van der Waals surface area (Å²) in [6.07, 6.45) is 5.91. The van der Waals surface area contributed by atoms with Crippen LogP contribution >= 0.6 is 11.6 Å². The maximum Gasteiger partial charge on any atom is 0.222 e. The van der Waals surface area contributed by atoms with Crippen LogP contribution in [0.3, 0.4) is 0 Å². The molecule has 5 nitrogen and oxygen atoms in total. The maximum atomic E-state index is 12.4. The first-order valence-corrected chi connectivity index (χ1v) is 9.94. The van der Waals surface area contributed by atoms with E-state index in [0.717, 1.165) is 33.7 Å². The van der Waals surface area contributed by atoms with Crippen molar-refractivity contribution in [2.75, 3.05) is 6.54 Å². The fourth-order valence-corrected chi connectivity index (χ4v) is 3.58. The monoisotopic (exact) mass is 409 g/mol. The van der Waals surface area contributed by atoms with E-state index in [0.29, 0.717) is 17.3 Å². The molecule has 2 aromatic rings. The van der Waals surface area contributed by atoms with Crippen LogP contribution in [-0.2, 0) is 4.79 Å². The lowest BCUT2D eigenvalue weighted by Gasteiger charge is -2.13. The van der Waals surface area contributed by atoms with Crippen molar-refractivity contribution in [1.82, 2.24) is 10.5 Å². The third-order valence-corrected chi connectivity index (χ3v) is 4.95. The van der Waals surface area contributed by atoms with Gasteiger partial charge in [-0.2, -0.15) is 0 Å². The maximum absolute atomic E-state index is 12.4. The molecule has 0 spiro atoms. The largest absolute Gasteiger partial charge is 0.358 e. The molecule has 0 aliphatic carbocycles.